The molecule has 1 heterocycles. The molecule has 3 heteroatoms. The van der Waals surface area contributed by atoms with Crippen LogP contribution in [0.4, 0.5) is 0 Å². The van der Waals surface area contributed by atoms with E-state index in [-0.39, 0.29) is 11.5 Å². The Bertz CT molecular complexity index is 641. The van der Waals surface area contributed by atoms with Crippen molar-refractivity contribution >= 4 is 5.78 Å². The third-order valence-electron chi connectivity index (χ3n) is 6.27. The normalized spacial score (nSPS) is 29.7. The molecule has 1 aliphatic heterocycles. The summed E-state index contributed by atoms with van der Waals surface area (Å²) in [4.78, 5) is 12.0. The molecule has 0 bridgehead atoms. The number of carbonyl (C=O) groups is 1. The van der Waals surface area contributed by atoms with Crippen LogP contribution in [0.5, 0.6) is 11.5 Å². The van der Waals surface area contributed by atoms with Gasteiger partial charge in [-0.15, -0.1) is 0 Å². The molecule has 2 aliphatic carbocycles. The standard InChI is InChI=1S/C20H26O3/c1-20(2)16-8-7-14(21)11-15(16)19-17(22)9-13(10-18(19)23-20)12-5-3-4-6-12/h9-10,12,15-16,22H,3-8,11H2,1-2H3/t15-,16-/m1/s1. The molecule has 1 N–H and O–H groups in total. The summed E-state index contributed by atoms with van der Waals surface area (Å²) in [5.41, 5.74) is 1.80. The Morgan fingerprint density at radius 3 is 2.65 bits per heavy atom. The predicted octanol–water partition coefficient (Wildman–Crippen LogP) is 4.67. The number of Topliss-reactive ketones (excluding diaryl/α,β-unsaturated/α-hetero) is 1. The molecule has 3 nitrogen and oxygen atoms in total. The van der Waals surface area contributed by atoms with E-state index in [1.54, 1.807) is 0 Å². The van der Waals surface area contributed by atoms with Crippen LogP contribution in [0.2, 0.25) is 0 Å². The fourth-order valence-corrected chi connectivity index (χ4v) is 5.09. The Balaban J connectivity index is 1.79. The van der Waals surface area contributed by atoms with E-state index < -0.39 is 0 Å². The molecule has 1 aromatic rings. The molecule has 1 aromatic carbocycles. The molecule has 124 valence electrons. The van der Waals surface area contributed by atoms with E-state index in [0.29, 0.717) is 36.2 Å². The average molecular weight is 314 g/mol. The van der Waals surface area contributed by atoms with E-state index in [1.807, 2.05) is 6.07 Å². The van der Waals surface area contributed by atoms with Crippen LogP contribution in [-0.4, -0.2) is 16.5 Å². The van der Waals surface area contributed by atoms with Gasteiger partial charge in [-0.1, -0.05) is 12.8 Å². The highest BCUT2D eigenvalue weighted by molar-refractivity contribution is 5.81. The third kappa shape index (κ3) is 2.45. The lowest BCUT2D eigenvalue weighted by Gasteiger charge is -2.47. The molecule has 0 saturated heterocycles. The lowest BCUT2D eigenvalue weighted by atomic mass is 9.66. The largest absolute Gasteiger partial charge is 0.508 e. The third-order valence-corrected chi connectivity index (χ3v) is 6.27. The van der Waals surface area contributed by atoms with Gasteiger partial charge in [0.1, 0.15) is 22.9 Å². The highest BCUT2D eigenvalue weighted by Crippen LogP contribution is 2.54. The second-order valence-corrected chi connectivity index (χ2v) is 8.13. The molecule has 4 rings (SSSR count). The molecule has 2 saturated carbocycles. The van der Waals surface area contributed by atoms with Gasteiger partial charge in [-0.2, -0.15) is 0 Å². The van der Waals surface area contributed by atoms with Crippen molar-refractivity contribution in [2.24, 2.45) is 5.92 Å². The van der Waals surface area contributed by atoms with Gasteiger partial charge < -0.3 is 9.84 Å². The van der Waals surface area contributed by atoms with Gasteiger partial charge in [0.15, 0.2) is 0 Å². The second kappa shape index (κ2) is 5.25. The molecule has 2 fully saturated rings. The number of phenolic OH excluding ortho intramolecular Hbond substituents is 1. The first-order valence-electron chi connectivity index (χ1n) is 9.03. The first-order chi connectivity index (χ1) is 11.0. The van der Waals surface area contributed by atoms with Crippen LogP contribution in [-0.2, 0) is 4.79 Å². The van der Waals surface area contributed by atoms with Crippen molar-refractivity contribution in [2.45, 2.75) is 76.2 Å². The van der Waals surface area contributed by atoms with Gasteiger partial charge >= 0.3 is 0 Å². The van der Waals surface area contributed by atoms with Crippen molar-refractivity contribution in [1.82, 2.24) is 0 Å². The Labute approximate surface area is 138 Å². The summed E-state index contributed by atoms with van der Waals surface area (Å²) < 4.78 is 6.33. The van der Waals surface area contributed by atoms with Crippen LogP contribution in [0, 0.1) is 5.92 Å². The van der Waals surface area contributed by atoms with Crippen LogP contribution < -0.4 is 4.74 Å². The molecule has 2 atom stereocenters. The van der Waals surface area contributed by atoms with Gasteiger partial charge in [0.05, 0.1) is 0 Å². The van der Waals surface area contributed by atoms with Gasteiger partial charge in [0.25, 0.3) is 0 Å². The Morgan fingerprint density at radius 1 is 1.17 bits per heavy atom. The molecular formula is C20H26O3. The smallest absolute Gasteiger partial charge is 0.133 e. The zero-order valence-corrected chi connectivity index (χ0v) is 14.1. The number of ether oxygens (including phenoxy) is 1. The van der Waals surface area contributed by atoms with E-state index in [0.717, 1.165) is 17.7 Å². The van der Waals surface area contributed by atoms with Crippen LogP contribution in [0.3, 0.4) is 0 Å². The molecule has 0 spiro atoms. The minimum atomic E-state index is -0.279. The summed E-state index contributed by atoms with van der Waals surface area (Å²) in [6.45, 7) is 4.26. The van der Waals surface area contributed by atoms with Crippen molar-refractivity contribution in [1.29, 1.82) is 0 Å². The van der Waals surface area contributed by atoms with E-state index in [1.165, 1.54) is 31.2 Å². The van der Waals surface area contributed by atoms with Gasteiger partial charge in [-0.3, -0.25) is 4.79 Å². The zero-order valence-electron chi connectivity index (χ0n) is 14.1. The van der Waals surface area contributed by atoms with Gasteiger partial charge in [-0.25, -0.2) is 0 Å². The first kappa shape index (κ1) is 15.0. The number of carbonyl (C=O) groups excluding carboxylic acids is 1. The van der Waals surface area contributed by atoms with Crippen molar-refractivity contribution in [3.8, 4) is 11.5 Å². The zero-order chi connectivity index (χ0) is 16.2. The first-order valence-corrected chi connectivity index (χ1v) is 9.03. The number of hydrogen-bond acceptors (Lipinski definition) is 3. The summed E-state index contributed by atoms with van der Waals surface area (Å²) >= 11 is 0. The highest BCUT2D eigenvalue weighted by Gasteiger charge is 2.47. The summed E-state index contributed by atoms with van der Waals surface area (Å²) in [7, 11) is 0. The summed E-state index contributed by atoms with van der Waals surface area (Å²) in [6.07, 6.45) is 6.99. The van der Waals surface area contributed by atoms with Crippen LogP contribution in [0.1, 0.15) is 81.8 Å². The number of rotatable bonds is 1. The van der Waals surface area contributed by atoms with E-state index >= 15 is 0 Å². The maximum absolute atomic E-state index is 12.0. The van der Waals surface area contributed by atoms with E-state index in [2.05, 4.69) is 19.9 Å². The van der Waals surface area contributed by atoms with E-state index in [4.69, 9.17) is 4.74 Å². The molecule has 0 amide bonds. The van der Waals surface area contributed by atoms with Crippen LogP contribution >= 0.6 is 0 Å². The Kier molecular flexibility index (Phi) is 3.44. The monoisotopic (exact) mass is 314 g/mol. The molecule has 23 heavy (non-hydrogen) atoms. The fourth-order valence-electron chi connectivity index (χ4n) is 5.09. The van der Waals surface area contributed by atoms with Gasteiger partial charge in [0, 0.05) is 30.2 Å². The minimum absolute atomic E-state index is 0.104. The fraction of sp³-hybridized carbons (Fsp3) is 0.650. The van der Waals surface area contributed by atoms with Crippen molar-refractivity contribution in [3.05, 3.63) is 23.3 Å². The molecule has 0 unspecified atom stereocenters. The van der Waals surface area contributed by atoms with Crippen molar-refractivity contribution in [3.63, 3.8) is 0 Å². The number of aromatic hydroxyl groups is 1. The number of benzene rings is 1. The van der Waals surface area contributed by atoms with Gasteiger partial charge in [-0.05, 0) is 56.7 Å². The molecule has 3 aliphatic rings. The molecule has 0 radical (unpaired) electrons. The quantitative estimate of drug-likeness (QED) is 0.819. The number of hydrogen-bond donors (Lipinski definition) is 1. The van der Waals surface area contributed by atoms with Gasteiger partial charge in [0.2, 0.25) is 0 Å². The number of ketones is 1. The van der Waals surface area contributed by atoms with Crippen molar-refractivity contribution in [2.75, 3.05) is 0 Å². The highest BCUT2D eigenvalue weighted by atomic mass is 16.5. The molecule has 0 aromatic heterocycles. The summed E-state index contributed by atoms with van der Waals surface area (Å²) in [5, 5.41) is 10.7. The molecular weight excluding hydrogens is 288 g/mol. The summed E-state index contributed by atoms with van der Waals surface area (Å²) in [5.74, 6) is 2.42. The van der Waals surface area contributed by atoms with Crippen molar-refractivity contribution < 1.29 is 14.6 Å². The van der Waals surface area contributed by atoms with Crippen LogP contribution in [0.25, 0.3) is 0 Å². The maximum Gasteiger partial charge on any atom is 0.133 e. The topological polar surface area (TPSA) is 46.5 Å². The van der Waals surface area contributed by atoms with E-state index in [9.17, 15) is 9.90 Å². The Morgan fingerprint density at radius 2 is 1.91 bits per heavy atom. The Hall–Kier alpha value is -1.51. The number of fused-ring (bicyclic) bond motifs is 3. The number of phenols is 1. The lowest BCUT2D eigenvalue weighted by Crippen LogP contribution is -2.47. The second-order valence-electron chi connectivity index (χ2n) is 8.13. The summed E-state index contributed by atoms with van der Waals surface area (Å²) in [6, 6.07) is 4.08. The average Bonchev–Trinajstić information content (AvgIpc) is 2.99. The minimum Gasteiger partial charge on any atom is -0.508 e. The maximum atomic E-state index is 12.0. The van der Waals surface area contributed by atoms with Crippen LogP contribution in [0.15, 0.2) is 12.1 Å². The lowest BCUT2D eigenvalue weighted by molar-refractivity contribution is -0.124. The SMILES string of the molecule is CC1(C)Oc2cc(C3CCCC3)cc(O)c2[C@@H]2CC(=O)CC[C@H]21. The predicted molar refractivity (Wildman–Crippen MR) is 89.1 cm³/mol.